The van der Waals surface area contributed by atoms with Gasteiger partial charge in [-0.1, -0.05) is 0 Å². The van der Waals surface area contributed by atoms with Crippen molar-refractivity contribution in [2.24, 2.45) is 12.8 Å². The number of aryl methyl sites for hydroxylation is 1. The number of nitrogens with two attached hydrogens (primary N) is 1. The summed E-state index contributed by atoms with van der Waals surface area (Å²) >= 11 is 0. The van der Waals surface area contributed by atoms with Gasteiger partial charge in [0.25, 0.3) is 0 Å². The molecule has 23 heavy (non-hydrogen) atoms. The standard InChI is InChI=1S/C16H22N4O3/c1-20-7-6-19-16(20)15(18-5-4-14(17)21)11-8-12(22-2)10-13(9-11)23-3/h6-10,15,18H,4-5H2,1-3H3,(H2,17,21)/t15-/m0/s1. The summed E-state index contributed by atoms with van der Waals surface area (Å²) < 4.78 is 12.6. The first-order valence-electron chi connectivity index (χ1n) is 7.27. The molecule has 7 heteroatoms. The molecule has 0 aliphatic heterocycles. The van der Waals surface area contributed by atoms with E-state index < -0.39 is 0 Å². The molecule has 1 heterocycles. The van der Waals surface area contributed by atoms with Crippen LogP contribution >= 0.6 is 0 Å². The molecule has 0 spiro atoms. The van der Waals surface area contributed by atoms with Crippen LogP contribution in [-0.2, 0) is 11.8 Å². The van der Waals surface area contributed by atoms with Crippen LogP contribution in [0, 0.1) is 0 Å². The summed E-state index contributed by atoms with van der Waals surface area (Å²) in [5.41, 5.74) is 6.15. The van der Waals surface area contributed by atoms with Crippen LogP contribution in [0.2, 0.25) is 0 Å². The Bertz CT molecular complexity index is 647. The predicted octanol–water partition coefficient (Wildman–Crippen LogP) is 0.992. The van der Waals surface area contributed by atoms with Crippen molar-refractivity contribution in [3.63, 3.8) is 0 Å². The van der Waals surface area contributed by atoms with Gasteiger partial charge in [0.05, 0.1) is 20.3 Å². The second-order valence-electron chi connectivity index (χ2n) is 5.15. The second kappa shape index (κ2) is 7.64. The molecule has 3 N–H and O–H groups in total. The summed E-state index contributed by atoms with van der Waals surface area (Å²) in [5.74, 6) is 1.86. The van der Waals surface area contributed by atoms with Gasteiger partial charge >= 0.3 is 0 Å². The molecule has 7 nitrogen and oxygen atoms in total. The van der Waals surface area contributed by atoms with Crippen molar-refractivity contribution in [1.82, 2.24) is 14.9 Å². The van der Waals surface area contributed by atoms with E-state index in [9.17, 15) is 4.79 Å². The molecule has 2 aromatic rings. The number of benzene rings is 1. The van der Waals surface area contributed by atoms with Gasteiger partial charge < -0.3 is 25.1 Å². The van der Waals surface area contributed by atoms with Gasteiger partial charge in [-0.15, -0.1) is 0 Å². The van der Waals surface area contributed by atoms with Crippen molar-refractivity contribution < 1.29 is 14.3 Å². The number of carbonyl (C=O) groups excluding carboxylic acids is 1. The molecular weight excluding hydrogens is 296 g/mol. The number of hydrogen-bond donors (Lipinski definition) is 2. The van der Waals surface area contributed by atoms with Gasteiger partial charge in [0.2, 0.25) is 5.91 Å². The number of rotatable bonds is 8. The Hall–Kier alpha value is -2.54. The summed E-state index contributed by atoms with van der Waals surface area (Å²) in [6.07, 6.45) is 3.85. The van der Waals surface area contributed by atoms with Crippen LogP contribution in [0.4, 0.5) is 0 Å². The van der Waals surface area contributed by atoms with E-state index in [0.717, 1.165) is 11.4 Å². The molecule has 1 aromatic carbocycles. The summed E-state index contributed by atoms with van der Waals surface area (Å²) in [6.45, 7) is 0.451. The third-order valence-electron chi connectivity index (χ3n) is 3.54. The lowest BCUT2D eigenvalue weighted by Gasteiger charge is -2.20. The first-order chi connectivity index (χ1) is 11.0. The Morgan fingerprint density at radius 3 is 2.43 bits per heavy atom. The first-order valence-corrected chi connectivity index (χ1v) is 7.27. The van der Waals surface area contributed by atoms with Gasteiger partial charge in [-0.05, 0) is 17.7 Å². The minimum Gasteiger partial charge on any atom is -0.497 e. The maximum absolute atomic E-state index is 11.0. The Labute approximate surface area is 135 Å². The van der Waals surface area contributed by atoms with E-state index in [1.807, 2.05) is 36.0 Å². The van der Waals surface area contributed by atoms with Crippen LogP contribution in [0.15, 0.2) is 30.6 Å². The van der Waals surface area contributed by atoms with Gasteiger partial charge in [0.15, 0.2) is 0 Å². The number of amides is 1. The Kier molecular flexibility index (Phi) is 5.59. The van der Waals surface area contributed by atoms with Gasteiger partial charge in [0.1, 0.15) is 17.3 Å². The van der Waals surface area contributed by atoms with Gasteiger partial charge in [-0.25, -0.2) is 4.98 Å². The van der Waals surface area contributed by atoms with Gasteiger partial charge in [-0.2, -0.15) is 0 Å². The zero-order valence-electron chi connectivity index (χ0n) is 13.6. The van der Waals surface area contributed by atoms with Crippen molar-refractivity contribution in [3.8, 4) is 11.5 Å². The van der Waals surface area contributed by atoms with E-state index in [4.69, 9.17) is 15.2 Å². The SMILES string of the molecule is COc1cc(OC)cc([C@H](NCCC(N)=O)c2nccn2C)c1. The number of hydrogen-bond acceptors (Lipinski definition) is 5. The molecule has 0 saturated carbocycles. The number of ether oxygens (including phenoxy) is 2. The van der Waals surface area contributed by atoms with Crippen molar-refractivity contribution in [2.45, 2.75) is 12.5 Å². The van der Waals surface area contributed by atoms with Crippen molar-refractivity contribution >= 4 is 5.91 Å². The topological polar surface area (TPSA) is 91.4 Å². The van der Waals surface area contributed by atoms with Crippen LogP contribution in [0.1, 0.15) is 23.9 Å². The average molecular weight is 318 g/mol. The van der Waals surface area contributed by atoms with E-state index >= 15 is 0 Å². The Balaban J connectivity index is 2.36. The molecule has 1 amide bonds. The molecule has 0 fully saturated rings. The lowest BCUT2D eigenvalue weighted by molar-refractivity contribution is -0.117. The van der Waals surface area contributed by atoms with Gasteiger partial charge in [0, 0.05) is 38.5 Å². The fourth-order valence-corrected chi connectivity index (χ4v) is 2.35. The molecule has 0 aliphatic rings. The highest BCUT2D eigenvalue weighted by Crippen LogP contribution is 2.29. The van der Waals surface area contributed by atoms with Crippen molar-refractivity contribution in [2.75, 3.05) is 20.8 Å². The molecule has 2 rings (SSSR count). The van der Waals surface area contributed by atoms with Crippen LogP contribution in [0.5, 0.6) is 11.5 Å². The maximum atomic E-state index is 11.0. The van der Waals surface area contributed by atoms with Gasteiger partial charge in [-0.3, -0.25) is 4.79 Å². The molecule has 0 unspecified atom stereocenters. The maximum Gasteiger partial charge on any atom is 0.218 e. The molecule has 0 bridgehead atoms. The van der Waals surface area contributed by atoms with Crippen LogP contribution in [0.3, 0.4) is 0 Å². The highest BCUT2D eigenvalue weighted by atomic mass is 16.5. The van der Waals surface area contributed by atoms with Crippen molar-refractivity contribution in [1.29, 1.82) is 0 Å². The predicted molar refractivity (Wildman–Crippen MR) is 86.4 cm³/mol. The number of imidazole rings is 1. The fraction of sp³-hybridized carbons (Fsp3) is 0.375. The van der Waals surface area contributed by atoms with E-state index in [1.165, 1.54) is 0 Å². The molecule has 124 valence electrons. The number of carbonyl (C=O) groups is 1. The molecular formula is C16H22N4O3. The number of primary amides is 1. The highest BCUT2D eigenvalue weighted by molar-refractivity contribution is 5.73. The summed E-state index contributed by atoms with van der Waals surface area (Å²) in [6, 6.07) is 5.43. The molecule has 0 saturated heterocycles. The monoisotopic (exact) mass is 318 g/mol. The molecule has 1 atom stereocenters. The highest BCUT2D eigenvalue weighted by Gasteiger charge is 2.19. The number of aromatic nitrogens is 2. The number of methoxy groups -OCH3 is 2. The third-order valence-corrected chi connectivity index (χ3v) is 3.54. The molecule has 1 aromatic heterocycles. The number of nitrogens with one attached hydrogen (secondary N) is 1. The van der Waals surface area contributed by atoms with E-state index in [2.05, 4.69) is 10.3 Å². The summed E-state index contributed by atoms with van der Waals surface area (Å²) in [4.78, 5) is 15.4. The third kappa shape index (κ3) is 4.23. The summed E-state index contributed by atoms with van der Waals surface area (Å²) in [7, 11) is 5.13. The van der Waals surface area contributed by atoms with Crippen molar-refractivity contribution in [3.05, 3.63) is 42.0 Å². The largest absolute Gasteiger partial charge is 0.497 e. The minimum atomic E-state index is -0.348. The van der Waals surface area contributed by atoms with E-state index in [1.54, 1.807) is 20.4 Å². The van der Waals surface area contributed by atoms with E-state index in [0.29, 0.717) is 18.0 Å². The minimum absolute atomic E-state index is 0.210. The first kappa shape index (κ1) is 16.8. The second-order valence-corrected chi connectivity index (χ2v) is 5.15. The molecule has 0 radical (unpaired) electrons. The lowest BCUT2D eigenvalue weighted by atomic mass is 10.0. The summed E-state index contributed by atoms with van der Waals surface area (Å²) in [5, 5.41) is 3.32. The number of nitrogens with zero attached hydrogens (tertiary/aromatic N) is 2. The zero-order chi connectivity index (χ0) is 16.8. The smallest absolute Gasteiger partial charge is 0.218 e. The van der Waals surface area contributed by atoms with Crippen LogP contribution in [-0.4, -0.2) is 36.2 Å². The van der Waals surface area contributed by atoms with Crippen LogP contribution in [0.25, 0.3) is 0 Å². The quantitative estimate of drug-likeness (QED) is 0.757. The molecule has 0 aliphatic carbocycles. The zero-order valence-corrected chi connectivity index (χ0v) is 13.6. The lowest BCUT2D eigenvalue weighted by Crippen LogP contribution is -2.28. The van der Waals surface area contributed by atoms with Crippen LogP contribution < -0.4 is 20.5 Å². The Morgan fingerprint density at radius 1 is 1.30 bits per heavy atom. The average Bonchev–Trinajstić information content (AvgIpc) is 2.96. The normalized spacial score (nSPS) is 12.0. The Morgan fingerprint density at radius 2 is 1.96 bits per heavy atom. The fourth-order valence-electron chi connectivity index (χ4n) is 2.35. The van der Waals surface area contributed by atoms with E-state index in [-0.39, 0.29) is 18.4 Å².